The molecule has 0 aromatic rings. The average Bonchev–Trinajstić information content (AvgIpc) is 2.44. The lowest BCUT2D eigenvalue weighted by atomic mass is 10.2. The summed E-state index contributed by atoms with van der Waals surface area (Å²) in [5, 5.41) is 11.2. The minimum Gasteiger partial charge on any atom is -0.480 e. The molecular weight excluding hydrogens is 310 g/mol. The van der Waals surface area contributed by atoms with E-state index >= 15 is 0 Å². The molecule has 0 spiro atoms. The Morgan fingerprint density at radius 2 is 1.71 bits per heavy atom. The lowest BCUT2D eigenvalue weighted by Crippen LogP contribution is -2.46. The lowest BCUT2D eigenvalue weighted by molar-refractivity contribution is -0.138. The van der Waals surface area contributed by atoms with Crippen molar-refractivity contribution in [2.75, 3.05) is 46.3 Å². The van der Waals surface area contributed by atoms with Crippen LogP contribution >= 0.6 is 0 Å². The number of likely N-dealkylation sites (N-methyl/N-ethyl adjacent to an activating group) is 1. The van der Waals surface area contributed by atoms with E-state index in [1.807, 2.05) is 25.7 Å². The number of carboxylic acid groups (broad SMARTS) is 1. The van der Waals surface area contributed by atoms with Crippen molar-refractivity contribution in [1.29, 1.82) is 0 Å². The number of carboxylic acids is 1. The molecule has 0 saturated carbocycles. The first-order chi connectivity index (χ1) is 11.1. The highest BCUT2D eigenvalue weighted by Gasteiger charge is 2.16. The van der Waals surface area contributed by atoms with Gasteiger partial charge >= 0.3 is 12.1 Å². The van der Waals surface area contributed by atoms with Gasteiger partial charge in [-0.05, 0) is 34.2 Å². The second-order valence-corrected chi connectivity index (χ2v) is 7.11. The number of hydrogen-bond acceptors (Lipinski definition) is 5. The topological polar surface area (TPSA) is 82.1 Å². The van der Waals surface area contributed by atoms with E-state index in [4.69, 9.17) is 9.84 Å². The maximum atomic E-state index is 11.1. The number of carbonyl (C=O) groups is 2. The molecule has 0 aromatic carbocycles. The van der Waals surface area contributed by atoms with E-state index in [1.165, 1.54) is 0 Å². The van der Waals surface area contributed by atoms with Gasteiger partial charge in [0.25, 0.3) is 0 Å². The number of aliphatic carboxylic acids is 1. The molecule has 0 aromatic heterocycles. The van der Waals surface area contributed by atoms with Crippen LogP contribution in [-0.4, -0.2) is 78.9 Å². The molecule has 1 saturated heterocycles. The second kappa shape index (κ2) is 12.1. The van der Waals surface area contributed by atoms with Crippen LogP contribution in [0.2, 0.25) is 0 Å². The van der Waals surface area contributed by atoms with Crippen molar-refractivity contribution in [3.05, 3.63) is 0 Å². The molecule has 24 heavy (non-hydrogen) atoms. The predicted molar refractivity (Wildman–Crippen MR) is 95.3 cm³/mol. The molecule has 0 atom stereocenters. The quantitative estimate of drug-likeness (QED) is 0.717. The normalized spacial score (nSPS) is 16.0. The number of rotatable bonds is 6. The maximum Gasteiger partial charge on any atom is 0.407 e. The van der Waals surface area contributed by atoms with Crippen LogP contribution < -0.4 is 5.32 Å². The first-order valence-electron chi connectivity index (χ1n) is 8.73. The zero-order chi connectivity index (χ0) is 18.6. The summed E-state index contributed by atoms with van der Waals surface area (Å²) in [6, 6.07) is 0. The molecule has 0 aliphatic carbocycles. The molecule has 1 amide bonds. The molecule has 142 valence electrons. The number of piperazine rings is 1. The van der Waals surface area contributed by atoms with Gasteiger partial charge in [0, 0.05) is 32.7 Å². The highest BCUT2D eigenvalue weighted by molar-refractivity contribution is 5.69. The van der Waals surface area contributed by atoms with Crippen LogP contribution in [0.25, 0.3) is 0 Å². The third kappa shape index (κ3) is 14.3. The summed E-state index contributed by atoms with van der Waals surface area (Å²) in [6.07, 6.45) is 3.02. The standard InChI is InChI=1S/C10H21NO2.C7H14N2O2/c1-5-6-7-8-11-9(12)13-10(2,3)4;1-8-2-4-9(5-3-8)6-7(10)11/h5-8H2,1-4H3,(H,11,12);2-6H2,1H3,(H,10,11). The summed E-state index contributed by atoms with van der Waals surface area (Å²) in [5.74, 6) is -0.727. The van der Waals surface area contributed by atoms with Gasteiger partial charge in [-0.1, -0.05) is 19.8 Å². The molecule has 2 N–H and O–H groups in total. The predicted octanol–water partition coefficient (Wildman–Crippen LogP) is 2.02. The number of ether oxygens (including phenoxy) is 1. The number of amides is 1. The fourth-order valence-corrected chi connectivity index (χ4v) is 2.08. The second-order valence-electron chi connectivity index (χ2n) is 7.11. The number of alkyl carbamates (subject to hydrolysis) is 1. The number of hydrogen-bond donors (Lipinski definition) is 2. The molecule has 1 aliphatic rings. The molecule has 1 heterocycles. The minimum atomic E-state index is -0.727. The summed E-state index contributed by atoms with van der Waals surface area (Å²) < 4.78 is 5.07. The molecule has 0 unspecified atom stereocenters. The number of nitrogens with one attached hydrogen (secondary N) is 1. The van der Waals surface area contributed by atoms with Crippen molar-refractivity contribution < 1.29 is 19.4 Å². The summed E-state index contributed by atoms with van der Waals surface area (Å²) >= 11 is 0. The van der Waals surface area contributed by atoms with Crippen molar-refractivity contribution >= 4 is 12.1 Å². The monoisotopic (exact) mass is 345 g/mol. The minimum absolute atomic E-state index is 0.188. The first-order valence-corrected chi connectivity index (χ1v) is 8.73. The van der Waals surface area contributed by atoms with Crippen LogP contribution in [0.15, 0.2) is 0 Å². The molecule has 0 radical (unpaired) electrons. The van der Waals surface area contributed by atoms with E-state index < -0.39 is 11.6 Å². The molecule has 1 fully saturated rings. The third-order valence-electron chi connectivity index (χ3n) is 3.40. The molecule has 7 nitrogen and oxygen atoms in total. The highest BCUT2D eigenvalue weighted by atomic mass is 16.6. The van der Waals surface area contributed by atoms with E-state index in [-0.39, 0.29) is 12.6 Å². The molecule has 1 rings (SSSR count). The summed E-state index contributed by atoms with van der Waals surface area (Å²) in [5.41, 5.74) is -0.394. The van der Waals surface area contributed by atoms with E-state index in [2.05, 4.69) is 24.2 Å². The van der Waals surface area contributed by atoms with Crippen molar-refractivity contribution in [3.63, 3.8) is 0 Å². The van der Waals surface area contributed by atoms with Gasteiger partial charge in [-0.3, -0.25) is 9.69 Å². The van der Waals surface area contributed by atoms with Gasteiger partial charge in [0.1, 0.15) is 5.60 Å². The number of nitrogens with zero attached hydrogens (tertiary/aromatic N) is 2. The zero-order valence-corrected chi connectivity index (χ0v) is 15.9. The molecule has 1 aliphatic heterocycles. The number of carbonyl (C=O) groups excluding carboxylic acids is 1. The van der Waals surface area contributed by atoms with Crippen LogP contribution in [0.1, 0.15) is 47.0 Å². The van der Waals surface area contributed by atoms with E-state index in [1.54, 1.807) is 0 Å². The molecular formula is C17H35N3O4. The van der Waals surface area contributed by atoms with E-state index in [0.29, 0.717) is 6.54 Å². The Morgan fingerprint density at radius 1 is 1.12 bits per heavy atom. The van der Waals surface area contributed by atoms with Crippen LogP contribution in [0.4, 0.5) is 4.79 Å². The first kappa shape index (κ1) is 22.7. The fraction of sp³-hybridized carbons (Fsp3) is 0.882. The summed E-state index contributed by atoms with van der Waals surface area (Å²) in [6.45, 7) is 12.3. The van der Waals surface area contributed by atoms with Crippen molar-refractivity contribution in [1.82, 2.24) is 15.1 Å². The SMILES string of the molecule is CCCCCNC(=O)OC(C)(C)C.CN1CCN(CC(=O)O)CC1. The Morgan fingerprint density at radius 3 is 2.17 bits per heavy atom. The Balaban J connectivity index is 0.000000446. The number of unbranched alkanes of at least 4 members (excludes halogenated alkanes) is 2. The van der Waals surface area contributed by atoms with Crippen molar-refractivity contribution in [3.8, 4) is 0 Å². The largest absolute Gasteiger partial charge is 0.480 e. The van der Waals surface area contributed by atoms with Crippen molar-refractivity contribution in [2.45, 2.75) is 52.6 Å². The summed E-state index contributed by atoms with van der Waals surface area (Å²) in [7, 11) is 2.05. The van der Waals surface area contributed by atoms with Gasteiger partial charge in [-0.15, -0.1) is 0 Å². The smallest absolute Gasteiger partial charge is 0.407 e. The van der Waals surface area contributed by atoms with Crippen LogP contribution in [0.3, 0.4) is 0 Å². The Labute approximate surface area is 146 Å². The van der Waals surface area contributed by atoms with Gasteiger partial charge in [0.05, 0.1) is 6.54 Å². The summed E-state index contributed by atoms with van der Waals surface area (Å²) in [4.78, 5) is 25.5. The van der Waals surface area contributed by atoms with Crippen LogP contribution in [0.5, 0.6) is 0 Å². The molecule has 0 bridgehead atoms. The Hall–Kier alpha value is -1.34. The van der Waals surface area contributed by atoms with Gasteiger partial charge in [0.15, 0.2) is 0 Å². The maximum absolute atomic E-state index is 11.1. The fourth-order valence-electron chi connectivity index (χ4n) is 2.08. The molecule has 7 heteroatoms. The zero-order valence-electron chi connectivity index (χ0n) is 15.9. The van der Waals surface area contributed by atoms with Gasteiger partial charge in [-0.25, -0.2) is 4.79 Å². The van der Waals surface area contributed by atoms with Gasteiger partial charge in [0.2, 0.25) is 0 Å². The van der Waals surface area contributed by atoms with E-state index in [9.17, 15) is 9.59 Å². The Bertz CT molecular complexity index is 361. The average molecular weight is 345 g/mol. The highest BCUT2D eigenvalue weighted by Crippen LogP contribution is 2.06. The van der Waals surface area contributed by atoms with Crippen molar-refractivity contribution in [2.24, 2.45) is 0 Å². The Kier molecular flexibility index (Phi) is 11.4. The van der Waals surface area contributed by atoms with Crippen LogP contribution in [-0.2, 0) is 9.53 Å². The van der Waals surface area contributed by atoms with Gasteiger partial charge < -0.3 is 20.1 Å². The van der Waals surface area contributed by atoms with E-state index in [0.717, 1.165) is 45.4 Å². The van der Waals surface area contributed by atoms with Crippen LogP contribution in [0, 0.1) is 0 Å². The van der Waals surface area contributed by atoms with Gasteiger partial charge in [-0.2, -0.15) is 0 Å². The third-order valence-corrected chi connectivity index (χ3v) is 3.40. The lowest BCUT2D eigenvalue weighted by Gasteiger charge is -2.30.